The van der Waals surface area contributed by atoms with Gasteiger partial charge in [-0.2, -0.15) is 0 Å². The average Bonchev–Trinajstić information content (AvgIpc) is 2.99. The first-order chi connectivity index (χ1) is 18.9. The second-order valence-electron chi connectivity index (χ2n) is 8.30. The Kier molecular flexibility index (Phi) is 7.80. The highest BCUT2D eigenvalue weighted by atomic mass is 16.5. The number of ether oxygens (including phenoxy) is 6. The van der Waals surface area contributed by atoms with Crippen molar-refractivity contribution in [2.24, 2.45) is 0 Å². The van der Waals surface area contributed by atoms with E-state index in [1.54, 1.807) is 48.5 Å². The number of phenolic OH excluding ortho intramolecular Hbond substituents is 1. The van der Waals surface area contributed by atoms with E-state index in [4.69, 9.17) is 28.4 Å². The number of fused-ring (bicyclic) bond motifs is 1. The summed E-state index contributed by atoms with van der Waals surface area (Å²) in [6.07, 6.45) is 0. The Balaban J connectivity index is 2.31. The molecule has 0 aliphatic heterocycles. The van der Waals surface area contributed by atoms with Gasteiger partial charge in [0.15, 0.2) is 28.8 Å². The molecule has 39 heavy (non-hydrogen) atoms. The van der Waals surface area contributed by atoms with Crippen LogP contribution in [0.15, 0.2) is 54.6 Å². The quantitative estimate of drug-likeness (QED) is 0.228. The number of esters is 1. The van der Waals surface area contributed by atoms with Gasteiger partial charge in [0.05, 0.1) is 53.8 Å². The number of phenols is 1. The van der Waals surface area contributed by atoms with E-state index in [0.29, 0.717) is 22.4 Å². The lowest BCUT2D eigenvalue weighted by molar-refractivity contribution is 0.0598. The van der Waals surface area contributed by atoms with Crippen molar-refractivity contribution in [1.82, 2.24) is 0 Å². The smallest absolute Gasteiger partial charge is 0.339 e. The molecule has 9 heteroatoms. The molecule has 9 nitrogen and oxygen atoms in total. The molecule has 4 aromatic carbocycles. The number of hydrogen-bond acceptors (Lipinski definition) is 9. The predicted molar refractivity (Wildman–Crippen MR) is 145 cm³/mol. The van der Waals surface area contributed by atoms with Crippen molar-refractivity contribution in [1.29, 1.82) is 0 Å². The van der Waals surface area contributed by atoms with E-state index in [-0.39, 0.29) is 44.9 Å². The first-order valence-electron chi connectivity index (χ1n) is 11.8. The minimum Gasteiger partial charge on any atom is -0.506 e. The summed E-state index contributed by atoms with van der Waals surface area (Å²) < 4.78 is 32.9. The summed E-state index contributed by atoms with van der Waals surface area (Å²) in [4.78, 5) is 27.4. The minimum absolute atomic E-state index is 0.158. The SMILES string of the molecule is COC(=O)c1c(C(=O)c2ccccc2)c(O)c2cc(OC)c(OC)c(OC)c2c1-c1ccc(OC)c(OC)c1. The zero-order valence-corrected chi connectivity index (χ0v) is 22.4. The number of carbonyl (C=O) groups excluding carboxylic acids is 2. The maximum Gasteiger partial charge on any atom is 0.339 e. The summed E-state index contributed by atoms with van der Waals surface area (Å²) in [5.41, 5.74) is 0.593. The summed E-state index contributed by atoms with van der Waals surface area (Å²) in [6.45, 7) is 0. The van der Waals surface area contributed by atoms with Gasteiger partial charge in [0, 0.05) is 21.9 Å². The third kappa shape index (κ3) is 4.52. The van der Waals surface area contributed by atoms with E-state index in [2.05, 4.69) is 0 Å². The molecule has 0 bridgehead atoms. The topological polar surface area (TPSA) is 110 Å². The molecule has 0 saturated heterocycles. The number of rotatable bonds is 9. The van der Waals surface area contributed by atoms with Crippen LogP contribution in [0.4, 0.5) is 0 Å². The molecule has 0 aromatic heterocycles. The van der Waals surface area contributed by atoms with Crippen LogP contribution in [0.25, 0.3) is 21.9 Å². The molecule has 4 aromatic rings. The Hall–Kier alpha value is -4.92. The Morgan fingerprint density at radius 1 is 0.667 bits per heavy atom. The van der Waals surface area contributed by atoms with E-state index in [9.17, 15) is 14.7 Å². The van der Waals surface area contributed by atoms with Crippen molar-refractivity contribution in [3.8, 4) is 45.6 Å². The van der Waals surface area contributed by atoms with Gasteiger partial charge in [0.2, 0.25) is 5.75 Å². The van der Waals surface area contributed by atoms with Crippen LogP contribution in [0.3, 0.4) is 0 Å². The molecule has 0 unspecified atom stereocenters. The van der Waals surface area contributed by atoms with E-state index < -0.39 is 17.5 Å². The van der Waals surface area contributed by atoms with Crippen molar-refractivity contribution in [2.45, 2.75) is 0 Å². The summed E-state index contributed by atoms with van der Waals surface area (Å²) in [5.74, 6) is -0.374. The van der Waals surface area contributed by atoms with Crippen molar-refractivity contribution in [3.05, 3.63) is 71.3 Å². The molecule has 1 N–H and O–H groups in total. The van der Waals surface area contributed by atoms with Crippen molar-refractivity contribution >= 4 is 22.5 Å². The largest absolute Gasteiger partial charge is 0.506 e. The number of benzene rings is 4. The van der Waals surface area contributed by atoms with Gasteiger partial charge in [-0.1, -0.05) is 36.4 Å². The highest BCUT2D eigenvalue weighted by Gasteiger charge is 2.33. The molecule has 0 saturated carbocycles. The van der Waals surface area contributed by atoms with E-state index in [1.165, 1.54) is 48.7 Å². The van der Waals surface area contributed by atoms with Crippen molar-refractivity contribution in [2.75, 3.05) is 42.7 Å². The molecule has 0 aliphatic rings. The monoisotopic (exact) mass is 532 g/mol. The summed E-state index contributed by atoms with van der Waals surface area (Å²) >= 11 is 0. The van der Waals surface area contributed by atoms with E-state index in [0.717, 1.165) is 0 Å². The van der Waals surface area contributed by atoms with Gasteiger partial charge in [-0.25, -0.2) is 4.79 Å². The highest BCUT2D eigenvalue weighted by Crippen LogP contribution is 2.52. The molecule has 202 valence electrons. The van der Waals surface area contributed by atoms with E-state index in [1.807, 2.05) is 0 Å². The Labute approximate surface area is 225 Å². The maximum absolute atomic E-state index is 13.9. The van der Waals surface area contributed by atoms with Gasteiger partial charge in [-0.05, 0) is 23.8 Å². The highest BCUT2D eigenvalue weighted by molar-refractivity contribution is 6.24. The van der Waals surface area contributed by atoms with Crippen molar-refractivity contribution < 1.29 is 43.1 Å². The van der Waals surface area contributed by atoms with Crippen molar-refractivity contribution in [3.63, 3.8) is 0 Å². The van der Waals surface area contributed by atoms with Crippen LogP contribution < -0.4 is 23.7 Å². The van der Waals surface area contributed by atoms with Crippen LogP contribution in [-0.4, -0.2) is 59.5 Å². The first kappa shape index (κ1) is 27.1. The molecule has 0 spiro atoms. The number of carbonyl (C=O) groups is 2. The number of ketones is 1. The molecule has 0 fully saturated rings. The zero-order chi connectivity index (χ0) is 28.3. The second-order valence-corrected chi connectivity index (χ2v) is 8.30. The second kappa shape index (κ2) is 11.2. The molecule has 0 radical (unpaired) electrons. The van der Waals surface area contributed by atoms with Gasteiger partial charge in [-0.15, -0.1) is 0 Å². The van der Waals surface area contributed by atoms with Gasteiger partial charge in [0.25, 0.3) is 0 Å². The molecule has 0 heterocycles. The fraction of sp³-hybridized carbons (Fsp3) is 0.200. The van der Waals surface area contributed by atoms with Crippen LogP contribution in [-0.2, 0) is 4.74 Å². The van der Waals surface area contributed by atoms with Gasteiger partial charge < -0.3 is 33.5 Å². The minimum atomic E-state index is -0.840. The van der Waals surface area contributed by atoms with Gasteiger partial charge >= 0.3 is 5.97 Å². The maximum atomic E-state index is 13.9. The molecule has 4 rings (SSSR count). The van der Waals surface area contributed by atoms with E-state index >= 15 is 0 Å². The lowest BCUT2D eigenvalue weighted by Crippen LogP contribution is -2.15. The summed E-state index contributed by atoms with van der Waals surface area (Å²) in [6, 6.07) is 14.9. The molecule has 0 atom stereocenters. The fourth-order valence-corrected chi connectivity index (χ4v) is 4.64. The molecular formula is C30H28O9. The molecule has 0 amide bonds. The van der Waals surface area contributed by atoms with Crippen LogP contribution in [0.5, 0.6) is 34.5 Å². The predicted octanol–water partition coefficient (Wildman–Crippen LogP) is 5.27. The van der Waals surface area contributed by atoms with Crippen LogP contribution in [0, 0.1) is 0 Å². The van der Waals surface area contributed by atoms with Crippen LogP contribution in [0.2, 0.25) is 0 Å². The Bertz CT molecular complexity index is 1560. The molecular weight excluding hydrogens is 504 g/mol. The third-order valence-corrected chi connectivity index (χ3v) is 6.40. The number of methoxy groups -OCH3 is 6. The average molecular weight is 533 g/mol. The fourth-order valence-electron chi connectivity index (χ4n) is 4.64. The Morgan fingerprint density at radius 2 is 1.31 bits per heavy atom. The lowest BCUT2D eigenvalue weighted by atomic mass is 9.85. The normalized spacial score (nSPS) is 10.6. The van der Waals surface area contributed by atoms with Gasteiger partial charge in [0.1, 0.15) is 5.75 Å². The number of hydrogen-bond donors (Lipinski definition) is 1. The van der Waals surface area contributed by atoms with Crippen LogP contribution in [0.1, 0.15) is 26.3 Å². The van der Waals surface area contributed by atoms with Crippen LogP contribution >= 0.6 is 0 Å². The number of aromatic hydroxyl groups is 1. The van der Waals surface area contributed by atoms with Gasteiger partial charge in [-0.3, -0.25) is 4.79 Å². The molecule has 0 aliphatic carbocycles. The Morgan fingerprint density at radius 3 is 1.87 bits per heavy atom. The summed E-state index contributed by atoms with van der Waals surface area (Å²) in [7, 11) is 8.49. The summed E-state index contributed by atoms with van der Waals surface area (Å²) in [5, 5.41) is 12.1. The lowest BCUT2D eigenvalue weighted by Gasteiger charge is -2.22. The third-order valence-electron chi connectivity index (χ3n) is 6.40. The first-order valence-corrected chi connectivity index (χ1v) is 11.8. The standard InChI is InChI=1S/C30H28O9/c1-34-19-13-12-17(14-20(19)35-2)22-23-18(15-21(36-3)28(37-4)29(23)38-5)27(32)25(24(22)30(33)39-6)26(31)16-10-8-7-9-11-16/h7-15,32H,1-6H3. The zero-order valence-electron chi connectivity index (χ0n) is 22.4.